The van der Waals surface area contributed by atoms with Crippen molar-refractivity contribution < 1.29 is 5.11 Å². The summed E-state index contributed by atoms with van der Waals surface area (Å²) in [6.45, 7) is 10.5. The molecule has 2 aromatic heterocycles. The number of aliphatic hydroxyl groups is 1. The maximum atomic E-state index is 9.54. The van der Waals surface area contributed by atoms with E-state index in [1.807, 2.05) is 63.4 Å². The Kier molecular flexibility index (Phi) is 6.72. The van der Waals surface area contributed by atoms with Crippen molar-refractivity contribution in [1.29, 1.82) is 0 Å². The van der Waals surface area contributed by atoms with Crippen molar-refractivity contribution in [3.05, 3.63) is 77.8 Å². The Hall–Kier alpha value is -2.65. The Morgan fingerprint density at radius 1 is 1.16 bits per heavy atom. The smallest absolute Gasteiger partial charge is 0.0702 e. The molecule has 0 saturated heterocycles. The second-order valence-electron chi connectivity index (χ2n) is 5.44. The van der Waals surface area contributed by atoms with Gasteiger partial charge in [-0.15, -0.1) is 0 Å². The summed E-state index contributed by atoms with van der Waals surface area (Å²) in [5.74, 6) is 0. The van der Waals surface area contributed by atoms with Crippen LogP contribution in [0.4, 0.5) is 0 Å². The van der Waals surface area contributed by atoms with Crippen LogP contribution < -0.4 is 0 Å². The molecule has 0 aliphatic heterocycles. The Balaban J connectivity index is 0.00000109. The standard InChI is InChI=1S/C20H20N2O.C2H6/c1-3-7-15-10-11-17(21-19(15)4-2)13-22-12-16(14-23)18-8-5-6-9-20(18)22;1-2/h3-12,23H,2,13-14H2,1H3;1-2H3/b7-3-;. The van der Waals surface area contributed by atoms with Crippen LogP contribution in [0.25, 0.3) is 23.1 Å². The fourth-order valence-electron chi connectivity index (χ4n) is 2.85. The maximum Gasteiger partial charge on any atom is 0.0702 e. The predicted octanol–water partition coefficient (Wildman–Crippen LogP) is 5.28. The number of hydrogen-bond donors (Lipinski definition) is 1. The van der Waals surface area contributed by atoms with Crippen LogP contribution in [0, 0.1) is 0 Å². The normalized spacial score (nSPS) is 10.7. The van der Waals surface area contributed by atoms with Crippen molar-refractivity contribution in [3.63, 3.8) is 0 Å². The second-order valence-corrected chi connectivity index (χ2v) is 5.44. The number of pyridine rings is 1. The lowest BCUT2D eigenvalue weighted by atomic mass is 10.1. The van der Waals surface area contributed by atoms with E-state index in [2.05, 4.69) is 23.3 Å². The Bertz CT molecular complexity index is 875. The largest absolute Gasteiger partial charge is 0.392 e. The third-order valence-corrected chi connectivity index (χ3v) is 3.93. The molecule has 0 radical (unpaired) electrons. The molecule has 1 N–H and O–H groups in total. The molecule has 0 bridgehead atoms. The third-order valence-electron chi connectivity index (χ3n) is 3.93. The molecule has 1 aromatic carbocycles. The van der Waals surface area contributed by atoms with Crippen molar-refractivity contribution in [2.75, 3.05) is 0 Å². The highest BCUT2D eigenvalue weighted by Gasteiger charge is 2.09. The predicted molar refractivity (Wildman–Crippen MR) is 107 cm³/mol. The lowest BCUT2D eigenvalue weighted by Crippen LogP contribution is -2.02. The molecule has 0 fully saturated rings. The molecule has 0 unspecified atom stereocenters. The van der Waals surface area contributed by atoms with Crippen molar-refractivity contribution in [2.45, 2.75) is 33.9 Å². The van der Waals surface area contributed by atoms with Crippen molar-refractivity contribution in [2.24, 2.45) is 0 Å². The minimum Gasteiger partial charge on any atom is -0.392 e. The average Bonchev–Trinajstić information content (AvgIpc) is 3.02. The highest BCUT2D eigenvalue weighted by Crippen LogP contribution is 2.22. The van der Waals surface area contributed by atoms with Gasteiger partial charge < -0.3 is 9.67 Å². The zero-order chi connectivity index (χ0) is 18.2. The van der Waals surface area contributed by atoms with Crippen LogP contribution in [0.5, 0.6) is 0 Å². The molecule has 0 atom stereocenters. The van der Waals surface area contributed by atoms with Crippen LogP contribution in [0.15, 0.2) is 55.3 Å². The highest BCUT2D eigenvalue weighted by molar-refractivity contribution is 5.83. The molecule has 130 valence electrons. The molecule has 3 aromatic rings. The molecule has 0 spiro atoms. The summed E-state index contributed by atoms with van der Waals surface area (Å²) in [5, 5.41) is 10.6. The molecule has 3 nitrogen and oxygen atoms in total. The fourth-order valence-corrected chi connectivity index (χ4v) is 2.85. The number of fused-ring (bicyclic) bond motifs is 1. The van der Waals surface area contributed by atoms with E-state index in [9.17, 15) is 5.11 Å². The Morgan fingerprint density at radius 3 is 2.60 bits per heavy atom. The minimum absolute atomic E-state index is 0.0408. The van der Waals surface area contributed by atoms with Gasteiger partial charge in [-0.05, 0) is 30.7 Å². The quantitative estimate of drug-likeness (QED) is 0.689. The van der Waals surface area contributed by atoms with E-state index >= 15 is 0 Å². The number of aliphatic hydroxyl groups excluding tert-OH is 1. The van der Waals surface area contributed by atoms with Gasteiger partial charge in [0.1, 0.15) is 0 Å². The van der Waals surface area contributed by atoms with Crippen LogP contribution in [0.2, 0.25) is 0 Å². The summed E-state index contributed by atoms with van der Waals surface area (Å²) < 4.78 is 2.13. The van der Waals surface area contributed by atoms with E-state index in [1.54, 1.807) is 6.08 Å². The first kappa shape index (κ1) is 18.7. The van der Waals surface area contributed by atoms with Gasteiger partial charge in [0.25, 0.3) is 0 Å². The summed E-state index contributed by atoms with van der Waals surface area (Å²) in [7, 11) is 0. The number of nitrogens with zero attached hydrogens (tertiary/aromatic N) is 2. The van der Waals surface area contributed by atoms with E-state index in [4.69, 9.17) is 4.98 Å². The molecule has 3 heteroatoms. The number of allylic oxidation sites excluding steroid dienone is 1. The van der Waals surface area contributed by atoms with Gasteiger partial charge >= 0.3 is 0 Å². The second kappa shape index (κ2) is 9.00. The van der Waals surface area contributed by atoms with E-state index in [-0.39, 0.29) is 6.61 Å². The number of benzene rings is 1. The molecule has 3 rings (SSSR count). The van der Waals surface area contributed by atoms with Gasteiger partial charge in [0.2, 0.25) is 0 Å². The lowest BCUT2D eigenvalue weighted by molar-refractivity contribution is 0.283. The number of para-hydroxylation sites is 1. The van der Waals surface area contributed by atoms with E-state index in [0.717, 1.165) is 33.4 Å². The number of hydrogen-bond acceptors (Lipinski definition) is 2. The van der Waals surface area contributed by atoms with Gasteiger partial charge in [-0.3, -0.25) is 4.98 Å². The van der Waals surface area contributed by atoms with Gasteiger partial charge in [-0.1, -0.05) is 56.8 Å². The van der Waals surface area contributed by atoms with Gasteiger partial charge in [0, 0.05) is 22.7 Å². The summed E-state index contributed by atoms with van der Waals surface area (Å²) in [6.07, 6.45) is 7.81. The van der Waals surface area contributed by atoms with E-state index in [0.29, 0.717) is 6.54 Å². The molecule has 0 aliphatic rings. The zero-order valence-electron chi connectivity index (χ0n) is 15.2. The SMILES string of the molecule is C=Cc1nc(Cn2cc(CO)c3ccccc32)ccc1/C=C\C.CC. The third kappa shape index (κ3) is 4.06. The van der Waals surface area contributed by atoms with Crippen molar-refractivity contribution in [3.8, 4) is 0 Å². The fraction of sp³-hybridized carbons (Fsp3) is 0.227. The summed E-state index contributed by atoms with van der Waals surface area (Å²) in [5.41, 5.74) is 4.98. The monoisotopic (exact) mass is 334 g/mol. The highest BCUT2D eigenvalue weighted by atomic mass is 16.3. The summed E-state index contributed by atoms with van der Waals surface area (Å²) in [4.78, 5) is 4.69. The first-order chi connectivity index (χ1) is 12.3. The summed E-state index contributed by atoms with van der Waals surface area (Å²) >= 11 is 0. The summed E-state index contributed by atoms with van der Waals surface area (Å²) in [6, 6.07) is 12.2. The molecular weight excluding hydrogens is 308 g/mol. The minimum atomic E-state index is 0.0408. The number of aromatic nitrogens is 2. The van der Waals surface area contributed by atoms with E-state index in [1.165, 1.54) is 0 Å². The lowest BCUT2D eigenvalue weighted by Gasteiger charge is -2.08. The number of rotatable bonds is 5. The molecular formula is C22H26N2O. The van der Waals surface area contributed by atoms with Gasteiger partial charge in [-0.2, -0.15) is 0 Å². The van der Waals surface area contributed by atoms with Crippen molar-refractivity contribution >= 4 is 23.1 Å². The first-order valence-corrected chi connectivity index (χ1v) is 8.69. The molecule has 0 saturated carbocycles. The Labute approximate surface area is 150 Å². The van der Waals surface area contributed by atoms with Crippen LogP contribution in [-0.2, 0) is 13.2 Å². The molecule has 0 aliphatic carbocycles. The van der Waals surface area contributed by atoms with Crippen molar-refractivity contribution in [1.82, 2.24) is 9.55 Å². The van der Waals surface area contributed by atoms with Crippen LogP contribution >= 0.6 is 0 Å². The van der Waals surface area contributed by atoms with E-state index < -0.39 is 0 Å². The maximum absolute atomic E-state index is 9.54. The van der Waals surface area contributed by atoms with Crippen LogP contribution in [0.3, 0.4) is 0 Å². The zero-order valence-corrected chi connectivity index (χ0v) is 15.2. The molecule has 2 heterocycles. The first-order valence-electron chi connectivity index (χ1n) is 8.69. The van der Waals surface area contributed by atoms with Gasteiger partial charge in [0.05, 0.1) is 24.5 Å². The molecule has 0 amide bonds. The average molecular weight is 334 g/mol. The van der Waals surface area contributed by atoms with Gasteiger partial charge in [0.15, 0.2) is 0 Å². The Morgan fingerprint density at radius 2 is 1.92 bits per heavy atom. The van der Waals surface area contributed by atoms with Crippen LogP contribution in [0.1, 0.15) is 43.3 Å². The topological polar surface area (TPSA) is 38.0 Å². The van der Waals surface area contributed by atoms with Gasteiger partial charge in [-0.25, -0.2) is 0 Å². The van der Waals surface area contributed by atoms with Crippen LogP contribution in [-0.4, -0.2) is 14.7 Å². The molecule has 25 heavy (non-hydrogen) atoms.